The topological polar surface area (TPSA) is 29.5 Å². The van der Waals surface area contributed by atoms with Crippen LogP contribution in [-0.2, 0) is 4.74 Å². The van der Waals surface area contributed by atoms with E-state index >= 15 is 0 Å². The molecule has 0 radical (unpaired) electrons. The second-order valence-corrected chi connectivity index (χ2v) is 7.74. The molecule has 2 fully saturated rings. The molecule has 26 heavy (non-hydrogen) atoms. The fourth-order valence-electron chi connectivity index (χ4n) is 4.90. The lowest BCUT2D eigenvalue weighted by atomic mass is 9.96. The quantitative estimate of drug-likeness (QED) is 0.495. The highest BCUT2D eigenvalue weighted by Crippen LogP contribution is 2.36. The molecule has 0 amide bonds. The number of piperidine rings is 1. The third-order valence-corrected chi connectivity index (χ3v) is 6.30. The van der Waals surface area contributed by atoms with Crippen LogP contribution in [-0.4, -0.2) is 36.1 Å². The average Bonchev–Trinajstić information content (AvgIpc) is 2.87. The van der Waals surface area contributed by atoms with Crippen molar-refractivity contribution in [2.75, 3.05) is 7.05 Å². The van der Waals surface area contributed by atoms with E-state index in [0.717, 1.165) is 34.4 Å². The van der Waals surface area contributed by atoms with Gasteiger partial charge >= 0.3 is 5.97 Å². The molecular formula is C23H23NO2. The maximum Gasteiger partial charge on any atom is 0.339 e. The van der Waals surface area contributed by atoms with Gasteiger partial charge in [0.15, 0.2) is 0 Å². The minimum atomic E-state index is -0.174. The summed E-state index contributed by atoms with van der Waals surface area (Å²) in [6.45, 7) is 0. The van der Waals surface area contributed by atoms with Crippen molar-refractivity contribution in [2.24, 2.45) is 0 Å². The fraction of sp³-hybridized carbons (Fsp3) is 0.348. The van der Waals surface area contributed by atoms with Gasteiger partial charge in [-0.3, -0.25) is 0 Å². The summed E-state index contributed by atoms with van der Waals surface area (Å²) in [5, 5.41) is 4.13. The molecule has 0 spiro atoms. The Morgan fingerprint density at radius 3 is 2.04 bits per heavy atom. The van der Waals surface area contributed by atoms with Crippen LogP contribution in [0.5, 0.6) is 0 Å². The molecule has 0 aliphatic carbocycles. The average molecular weight is 345 g/mol. The Balaban J connectivity index is 1.54. The van der Waals surface area contributed by atoms with Gasteiger partial charge in [0.25, 0.3) is 0 Å². The molecule has 3 nitrogen and oxygen atoms in total. The number of benzene rings is 3. The SMILES string of the molecule is CN1[C@@H]2CC[C@H]1CC(OC(=O)c1c3ccccc3cc3ccccc13)C2. The summed E-state index contributed by atoms with van der Waals surface area (Å²) in [4.78, 5) is 15.7. The van der Waals surface area contributed by atoms with Gasteiger partial charge in [0.2, 0.25) is 0 Å². The molecule has 0 N–H and O–H groups in total. The summed E-state index contributed by atoms with van der Waals surface area (Å²) in [5.41, 5.74) is 0.713. The van der Waals surface area contributed by atoms with E-state index < -0.39 is 0 Å². The van der Waals surface area contributed by atoms with Gasteiger partial charge in [-0.2, -0.15) is 0 Å². The van der Waals surface area contributed by atoms with Gasteiger partial charge in [-0.05, 0) is 47.5 Å². The van der Waals surface area contributed by atoms with Crippen molar-refractivity contribution in [1.82, 2.24) is 4.90 Å². The summed E-state index contributed by atoms with van der Waals surface area (Å²) >= 11 is 0. The Morgan fingerprint density at radius 1 is 0.923 bits per heavy atom. The molecule has 3 aromatic rings. The lowest BCUT2D eigenvalue weighted by molar-refractivity contribution is -0.0000824. The highest BCUT2D eigenvalue weighted by atomic mass is 16.5. The van der Waals surface area contributed by atoms with Crippen LogP contribution in [0.15, 0.2) is 54.6 Å². The van der Waals surface area contributed by atoms with E-state index in [2.05, 4.69) is 30.1 Å². The molecule has 2 bridgehead atoms. The van der Waals surface area contributed by atoms with E-state index in [1.807, 2.05) is 36.4 Å². The van der Waals surface area contributed by atoms with E-state index in [0.29, 0.717) is 17.6 Å². The second kappa shape index (κ2) is 6.10. The molecule has 132 valence electrons. The van der Waals surface area contributed by atoms with Crippen LogP contribution in [0.1, 0.15) is 36.0 Å². The number of fused-ring (bicyclic) bond motifs is 4. The van der Waals surface area contributed by atoms with Crippen molar-refractivity contribution < 1.29 is 9.53 Å². The zero-order chi connectivity index (χ0) is 17.7. The predicted molar refractivity (Wildman–Crippen MR) is 104 cm³/mol. The number of carbonyl (C=O) groups is 1. The van der Waals surface area contributed by atoms with Gasteiger partial charge < -0.3 is 9.64 Å². The van der Waals surface area contributed by atoms with Crippen molar-refractivity contribution in [1.29, 1.82) is 0 Å². The minimum Gasteiger partial charge on any atom is -0.459 e. The maximum atomic E-state index is 13.2. The van der Waals surface area contributed by atoms with Crippen LogP contribution in [0.25, 0.3) is 21.5 Å². The molecule has 1 unspecified atom stereocenters. The van der Waals surface area contributed by atoms with E-state index in [-0.39, 0.29) is 12.1 Å². The summed E-state index contributed by atoms with van der Waals surface area (Å²) in [7, 11) is 2.21. The van der Waals surface area contributed by atoms with Crippen LogP contribution in [0.2, 0.25) is 0 Å². The minimum absolute atomic E-state index is 0.0360. The number of nitrogens with zero attached hydrogens (tertiary/aromatic N) is 1. The Labute approximate surface area is 153 Å². The van der Waals surface area contributed by atoms with Crippen molar-refractivity contribution in [3.63, 3.8) is 0 Å². The molecule has 2 saturated heterocycles. The van der Waals surface area contributed by atoms with Crippen molar-refractivity contribution in [3.8, 4) is 0 Å². The van der Waals surface area contributed by atoms with Crippen LogP contribution in [0, 0.1) is 0 Å². The highest BCUT2D eigenvalue weighted by molar-refractivity contribution is 6.16. The molecule has 3 aromatic carbocycles. The molecule has 3 heteroatoms. The molecule has 2 heterocycles. The molecule has 2 aliphatic rings. The van der Waals surface area contributed by atoms with Gasteiger partial charge in [0.1, 0.15) is 6.10 Å². The van der Waals surface area contributed by atoms with Crippen LogP contribution < -0.4 is 0 Å². The third-order valence-electron chi connectivity index (χ3n) is 6.30. The van der Waals surface area contributed by atoms with Crippen LogP contribution in [0.4, 0.5) is 0 Å². The Hall–Kier alpha value is -2.39. The van der Waals surface area contributed by atoms with E-state index in [4.69, 9.17) is 4.74 Å². The lowest BCUT2D eigenvalue weighted by Gasteiger charge is -2.35. The molecule has 0 saturated carbocycles. The van der Waals surface area contributed by atoms with Gasteiger partial charge in [-0.1, -0.05) is 48.5 Å². The fourth-order valence-corrected chi connectivity index (χ4v) is 4.90. The lowest BCUT2D eigenvalue weighted by Crippen LogP contribution is -2.43. The van der Waals surface area contributed by atoms with E-state index in [1.165, 1.54) is 12.8 Å². The summed E-state index contributed by atoms with van der Waals surface area (Å²) < 4.78 is 6.06. The van der Waals surface area contributed by atoms with E-state index in [9.17, 15) is 4.79 Å². The Kier molecular flexibility index (Phi) is 3.71. The number of hydrogen-bond donors (Lipinski definition) is 0. The monoisotopic (exact) mass is 345 g/mol. The first-order valence-electron chi connectivity index (χ1n) is 9.54. The smallest absolute Gasteiger partial charge is 0.339 e. The first-order valence-corrected chi connectivity index (χ1v) is 9.54. The van der Waals surface area contributed by atoms with Crippen molar-refractivity contribution >= 4 is 27.5 Å². The number of rotatable bonds is 2. The Bertz CT molecular complexity index is 928. The van der Waals surface area contributed by atoms with Gasteiger partial charge in [-0.15, -0.1) is 0 Å². The molecular weight excluding hydrogens is 322 g/mol. The molecule has 2 aliphatic heterocycles. The summed E-state index contributed by atoms with van der Waals surface area (Å²) in [6.07, 6.45) is 4.41. The second-order valence-electron chi connectivity index (χ2n) is 7.74. The van der Waals surface area contributed by atoms with Crippen LogP contribution >= 0.6 is 0 Å². The zero-order valence-corrected chi connectivity index (χ0v) is 15.0. The van der Waals surface area contributed by atoms with Gasteiger partial charge in [-0.25, -0.2) is 4.79 Å². The highest BCUT2D eigenvalue weighted by Gasteiger charge is 2.40. The van der Waals surface area contributed by atoms with Crippen LogP contribution in [0.3, 0.4) is 0 Å². The maximum absolute atomic E-state index is 13.2. The zero-order valence-electron chi connectivity index (χ0n) is 15.0. The normalized spacial score (nSPS) is 25.7. The van der Waals surface area contributed by atoms with Gasteiger partial charge in [0.05, 0.1) is 5.56 Å². The largest absolute Gasteiger partial charge is 0.459 e. The third kappa shape index (κ3) is 2.50. The standard InChI is InChI=1S/C23H23NO2/c1-24-17-10-11-18(24)14-19(13-17)26-23(25)22-20-8-4-2-6-15(20)12-16-7-3-5-9-21(16)22/h2-9,12,17-19H,10-11,13-14H2,1H3/t17-,18+,19?. The first kappa shape index (κ1) is 15.8. The van der Waals surface area contributed by atoms with Crippen molar-refractivity contribution in [2.45, 2.75) is 43.9 Å². The molecule has 0 aromatic heterocycles. The number of carbonyl (C=O) groups excluding carboxylic acids is 1. The van der Waals surface area contributed by atoms with Crippen molar-refractivity contribution in [3.05, 3.63) is 60.2 Å². The van der Waals surface area contributed by atoms with E-state index in [1.54, 1.807) is 0 Å². The first-order chi connectivity index (χ1) is 12.7. The predicted octanol–water partition coefficient (Wildman–Crippen LogP) is 4.78. The molecule has 3 atom stereocenters. The Morgan fingerprint density at radius 2 is 1.46 bits per heavy atom. The number of esters is 1. The number of ether oxygens (including phenoxy) is 1. The summed E-state index contributed by atoms with van der Waals surface area (Å²) in [5.74, 6) is -0.174. The summed E-state index contributed by atoms with van der Waals surface area (Å²) in [6, 6.07) is 19.5. The van der Waals surface area contributed by atoms with Gasteiger partial charge in [0, 0.05) is 24.9 Å². The number of hydrogen-bond acceptors (Lipinski definition) is 3. The molecule has 5 rings (SSSR count).